The van der Waals surface area contributed by atoms with Crippen molar-refractivity contribution in [3.63, 3.8) is 0 Å². The molecule has 0 atom stereocenters. The maximum Gasteiger partial charge on any atom is 0.294 e. The second-order valence-electron chi connectivity index (χ2n) is 11.2. The molecule has 7 heteroatoms. The van der Waals surface area contributed by atoms with Crippen LogP contribution in [0.25, 0.3) is 0 Å². The molecule has 1 aromatic carbocycles. The van der Waals surface area contributed by atoms with Crippen molar-refractivity contribution in [1.29, 1.82) is 0 Å². The van der Waals surface area contributed by atoms with Gasteiger partial charge < -0.3 is 0 Å². The molecule has 40 heavy (non-hydrogen) atoms. The predicted octanol–water partition coefficient (Wildman–Crippen LogP) is 10.6. The smallest absolute Gasteiger partial charge is 0.282 e. The molecule has 0 aliphatic carbocycles. The van der Waals surface area contributed by atoms with Crippen molar-refractivity contribution in [3.8, 4) is 10.8 Å². The summed E-state index contributed by atoms with van der Waals surface area (Å²) < 4.78 is 29.2. The summed E-state index contributed by atoms with van der Waals surface area (Å²) in [6.45, 7) is 7.83. The molecule has 0 aliphatic rings. The second-order valence-corrected chi connectivity index (χ2v) is 17.5. The van der Waals surface area contributed by atoms with Crippen molar-refractivity contribution in [2.75, 3.05) is 25.0 Å². The largest absolute Gasteiger partial charge is 0.294 e. The molecule has 0 unspecified atom stereocenters. The summed E-state index contributed by atoms with van der Waals surface area (Å²) in [5.74, 6) is 3.25. The van der Waals surface area contributed by atoms with Gasteiger partial charge in [0.05, 0.1) is 4.90 Å². The number of benzene rings is 1. The van der Waals surface area contributed by atoms with Crippen molar-refractivity contribution >= 4 is 33.5 Å². The van der Waals surface area contributed by atoms with E-state index in [1.54, 1.807) is 18.2 Å². The second kappa shape index (κ2) is 27.4. The van der Waals surface area contributed by atoms with Gasteiger partial charge in [0.25, 0.3) is 10.1 Å². The molecular formula is C33H61BrNO3PS. The van der Waals surface area contributed by atoms with Crippen LogP contribution in [0, 0.1) is 10.8 Å². The van der Waals surface area contributed by atoms with E-state index in [1.807, 2.05) is 0 Å². The number of halogens is 1. The Morgan fingerprint density at radius 3 is 1.38 bits per heavy atom. The van der Waals surface area contributed by atoms with Crippen LogP contribution in [0.2, 0.25) is 0 Å². The van der Waals surface area contributed by atoms with E-state index in [0.717, 1.165) is 6.54 Å². The van der Waals surface area contributed by atoms with E-state index in [-0.39, 0.29) is 4.90 Å². The zero-order valence-corrected chi connectivity index (χ0v) is 29.4. The molecule has 1 aromatic rings. The van der Waals surface area contributed by atoms with Gasteiger partial charge in [-0.15, -0.1) is 0 Å². The molecule has 234 valence electrons. The van der Waals surface area contributed by atoms with Gasteiger partial charge in [-0.05, 0) is 12.1 Å². The fraction of sp³-hybridized carbons (Fsp3) is 0.758. The minimum Gasteiger partial charge on any atom is -0.282 e. The first-order valence-electron chi connectivity index (χ1n) is 16.2. The maximum atomic E-state index is 10.4. The molecule has 0 radical (unpaired) electrons. The SMILES string of the molecule is CCCCCCCC[PH](CCCCCCCC)(CCCCCCCC)NCC#CBr.O=S(=O)(O)c1ccccc1. The van der Waals surface area contributed by atoms with Gasteiger partial charge in [0.1, 0.15) is 0 Å². The van der Waals surface area contributed by atoms with E-state index in [2.05, 4.69) is 52.5 Å². The van der Waals surface area contributed by atoms with Crippen molar-refractivity contribution in [3.05, 3.63) is 30.3 Å². The molecule has 0 fully saturated rings. The van der Waals surface area contributed by atoms with E-state index in [9.17, 15) is 8.42 Å². The standard InChI is InChI=1S/C27H55BrNP.C6H6O3S/c1-4-7-10-13-16-19-25-30(29-24-22-23-28,26-20-17-14-11-8-5-2)27-21-18-15-12-9-6-3;7-10(8,9)6-4-2-1-3-5-6/h29-30H,4-21,24-27H2,1-3H3;1-5H,(H,7,8,9). The molecule has 0 aromatic heterocycles. The first-order valence-corrected chi connectivity index (χ1v) is 21.1. The molecule has 2 N–H and O–H groups in total. The Kier molecular flexibility index (Phi) is 27.1. The van der Waals surface area contributed by atoms with Gasteiger partial charge in [-0.1, -0.05) is 18.2 Å². The molecular weight excluding hydrogens is 601 g/mol. The fourth-order valence-corrected chi connectivity index (χ4v) is 10.4. The van der Waals surface area contributed by atoms with Gasteiger partial charge >= 0.3 is 201 Å². The van der Waals surface area contributed by atoms with Crippen LogP contribution < -0.4 is 5.09 Å². The summed E-state index contributed by atoms with van der Waals surface area (Å²) in [7, 11) is -5.41. The number of rotatable bonds is 24. The van der Waals surface area contributed by atoms with Gasteiger partial charge in [0, 0.05) is 0 Å². The topological polar surface area (TPSA) is 66.4 Å². The summed E-state index contributed by atoms with van der Waals surface area (Å²) in [5, 5.41) is 4.08. The fourth-order valence-electron chi connectivity index (χ4n) is 5.23. The Balaban J connectivity index is 0.00000126. The Morgan fingerprint density at radius 2 is 1.05 bits per heavy atom. The van der Waals surface area contributed by atoms with Crippen molar-refractivity contribution in [2.45, 2.75) is 141 Å². The third-order valence-electron chi connectivity index (χ3n) is 7.69. The van der Waals surface area contributed by atoms with Gasteiger partial charge in [-0.3, -0.25) is 4.55 Å². The molecule has 0 heterocycles. The van der Waals surface area contributed by atoms with E-state index in [4.69, 9.17) is 4.55 Å². The number of unbranched alkanes of at least 4 members (excludes halogenated alkanes) is 15. The van der Waals surface area contributed by atoms with E-state index < -0.39 is 17.5 Å². The Labute approximate surface area is 257 Å². The first-order chi connectivity index (χ1) is 19.3. The van der Waals surface area contributed by atoms with Crippen LogP contribution in [0.1, 0.15) is 136 Å². The third-order valence-corrected chi connectivity index (χ3v) is 13.7. The Hall–Kier alpha value is -0.440. The zero-order valence-electron chi connectivity index (χ0n) is 26.0. The first kappa shape index (κ1) is 39.6. The summed E-state index contributed by atoms with van der Waals surface area (Å²) in [6.07, 6.45) is 30.0. The summed E-state index contributed by atoms with van der Waals surface area (Å²) in [6, 6.07) is 7.42. The van der Waals surface area contributed by atoms with Crippen molar-refractivity contribution < 1.29 is 13.0 Å². The molecule has 0 saturated carbocycles. The van der Waals surface area contributed by atoms with Crippen molar-refractivity contribution in [2.24, 2.45) is 0 Å². The van der Waals surface area contributed by atoms with E-state index in [1.165, 1.54) is 146 Å². The van der Waals surface area contributed by atoms with Crippen LogP contribution in [0.4, 0.5) is 0 Å². The van der Waals surface area contributed by atoms with Gasteiger partial charge in [-0.2, -0.15) is 8.42 Å². The summed E-state index contributed by atoms with van der Waals surface area (Å²) in [5.41, 5.74) is 0. The zero-order chi connectivity index (χ0) is 29.8. The molecule has 4 nitrogen and oxygen atoms in total. The quantitative estimate of drug-likeness (QED) is 0.0500. The van der Waals surface area contributed by atoms with E-state index >= 15 is 0 Å². The number of hydrogen-bond donors (Lipinski definition) is 2. The number of hydrogen-bond acceptors (Lipinski definition) is 3. The molecule has 0 spiro atoms. The average molecular weight is 663 g/mol. The Bertz CT molecular complexity index is 815. The molecule has 0 saturated heterocycles. The van der Waals surface area contributed by atoms with Crippen LogP contribution in [0.5, 0.6) is 0 Å². The van der Waals surface area contributed by atoms with E-state index in [0.29, 0.717) is 0 Å². The third kappa shape index (κ3) is 23.2. The van der Waals surface area contributed by atoms with Gasteiger partial charge in [-0.25, -0.2) is 0 Å². The minimum atomic E-state index is -4.00. The molecule has 1 rings (SSSR count). The molecule has 0 amide bonds. The van der Waals surface area contributed by atoms with Crippen LogP contribution in [-0.4, -0.2) is 38.0 Å². The molecule has 0 aliphatic heterocycles. The monoisotopic (exact) mass is 661 g/mol. The Morgan fingerprint density at radius 1 is 0.675 bits per heavy atom. The average Bonchev–Trinajstić information content (AvgIpc) is 2.95. The normalized spacial score (nSPS) is 11.8. The predicted molar refractivity (Wildman–Crippen MR) is 184 cm³/mol. The molecule has 0 bridgehead atoms. The van der Waals surface area contributed by atoms with Crippen LogP contribution in [-0.2, 0) is 10.1 Å². The number of nitrogens with one attached hydrogen (secondary N) is 1. The van der Waals surface area contributed by atoms with Crippen LogP contribution in [0.15, 0.2) is 35.2 Å². The van der Waals surface area contributed by atoms with Gasteiger partial charge in [0.2, 0.25) is 0 Å². The maximum absolute atomic E-state index is 10.4. The summed E-state index contributed by atoms with van der Waals surface area (Å²) in [4.78, 5) is 2.86. The van der Waals surface area contributed by atoms with Crippen molar-refractivity contribution in [1.82, 2.24) is 5.09 Å². The van der Waals surface area contributed by atoms with Crippen LogP contribution in [0.3, 0.4) is 0 Å². The minimum absolute atomic E-state index is 0.0741. The van der Waals surface area contributed by atoms with Gasteiger partial charge in [0.15, 0.2) is 0 Å². The van der Waals surface area contributed by atoms with Crippen LogP contribution >= 0.6 is 23.3 Å². The summed E-state index contributed by atoms with van der Waals surface area (Å²) >= 11 is 3.30.